The van der Waals surface area contributed by atoms with Gasteiger partial charge in [0.25, 0.3) is 0 Å². The fraction of sp³-hybridized carbons (Fsp3) is 0.273. The smallest absolute Gasteiger partial charge is 0.412 e. The Bertz CT molecular complexity index is 901. The summed E-state index contributed by atoms with van der Waals surface area (Å²) in [5, 5.41) is 21.8. The van der Waals surface area contributed by atoms with E-state index in [1.165, 1.54) is 0 Å². The Morgan fingerprint density at radius 3 is 2.57 bits per heavy atom. The molecule has 30 heavy (non-hydrogen) atoms. The maximum Gasteiger partial charge on any atom is 0.412 e. The first kappa shape index (κ1) is 24.1. The van der Waals surface area contributed by atoms with Crippen LogP contribution in [0.15, 0.2) is 59.5 Å². The van der Waals surface area contributed by atoms with Crippen molar-refractivity contribution in [2.24, 2.45) is 5.92 Å². The number of thioether (sulfide) groups is 1. The average Bonchev–Trinajstić information content (AvgIpc) is 2.71. The Hall–Kier alpha value is -2.20. The van der Waals surface area contributed by atoms with Crippen LogP contribution in [-0.2, 0) is 9.53 Å². The van der Waals surface area contributed by atoms with Crippen LogP contribution in [-0.4, -0.2) is 28.5 Å². The number of hydrogen-bond donors (Lipinski definition) is 3. The van der Waals surface area contributed by atoms with Gasteiger partial charge in [0.1, 0.15) is 11.9 Å². The number of ether oxygens (including phenoxy) is 1. The maximum absolute atomic E-state index is 12.6. The number of phenolic OH excluding ortho intramolecular Hbond substituents is 1. The van der Waals surface area contributed by atoms with Crippen LogP contribution >= 0.6 is 34.4 Å². The molecular weight excluding hydrogens is 517 g/mol. The van der Waals surface area contributed by atoms with E-state index in [4.69, 9.17) is 9.84 Å². The van der Waals surface area contributed by atoms with Gasteiger partial charge in [0.2, 0.25) is 0 Å². The highest BCUT2D eigenvalue weighted by molar-refractivity contribution is 14.1. The number of carbonyl (C=O) groups excluding carboxylic acids is 1. The second-order valence-corrected chi connectivity index (χ2v) is 8.80. The van der Waals surface area contributed by atoms with Gasteiger partial charge in [0, 0.05) is 25.8 Å². The van der Waals surface area contributed by atoms with Crippen LogP contribution in [0.25, 0.3) is 0 Å². The van der Waals surface area contributed by atoms with Gasteiger partial charge in [-0.05, 0) is 90.1 Å². The number of anilines is 1. The molecule has 160 valence electrons. The first-order chi connectivity index (χ1) is 14.3. The Balaban J connectivity index is 2.16. The lowest BCUT2D eigenvalue weighted by Gasteiger charge is -2.25. The Morgan fingerprint density at radius 1 is 1.23 bits per heavy atom. The van der Waals surface area contributed by atoms with Gasteiger partial charge < -0.3 is 14.9 Å². The third-order valence-corrected chi connectivity index (χ3v) is 5.85. The first-order valence-corrected chi connectivity index (χ1v) is 11.6. The molecule has 2 aromatic carbocycles. The molecule has 8 heteroatoms. The van der Waals surface area contributed by atoms with E-state index < -0.39 is 18.2 Å². The summed E-state index contributed by atoms with van der Waals surface area (Å²) in [7, 11) is 0. The molecule has 0 aliphatic heterocycles. The number of phenols is 1. The number of hydrogen-bond acceptors (Lipinski definition) is 5. The Kier molecular flexibility index (Phi) is 9.51. The zero-order valence-electron chi connectivity index (χ0n) is 16.7. The van der Waals surface area contributed by atoms with Crippen molar-refractivity contribution in [3.8, 4) is 5.75 Å². The number of carbonyl (C=O) groups is 2. The van der Waals surface area contributed by atoms with Gasteiger partial charge in [-0.25, -0.2) is 9.59 Å². The van der Waals surface area contributed by atoms with Gasteiger partial charge in [-0.3, -0.25) is 5.32 Å². The topological polar surface area (TPSA) is 95.9 Å². The summed E-state index contributed by atoms with van der Waals surface area (Å²) in [4.78, 5) is 24.3. The van der Waals surface area contributed by atoms with E-state index in [1.807, 2.05) is 25.3 Å². The van der Waals surface area contributed by atoms with Gasteiger partial charge in [0.15, 0.2) is 0 Å². The molecule has 0 radical (unpaired) electrons. The number of rotatable bonds is 9. The van der Waals surface area contributed by atoms with E-state index in [0.717, 1.165) is 14.5 Å². The molecule has 2 rings (SSSR count). The van der Waals surface area contributed by atoms with Crippen molar-refractivity contribution in [2.45, 2.75) is 30.8 Å². The van der Waals surface area contributed by atoms with Crippen LogP contribution in [0, 0.1) is 9.49 Å². The molecule has 0 fully saturated rings. The lowest BCUT2D eigenvalue weighted by Crippen LogP contribution is -2.22. The van der Waals surface area contributed by atoms with E-state index in [1.54, 1.807) is 48.2 Å². The molecule has 0 bridgehead atoms. The largest absolute Gasteiger partial charge is 0.508 e. The lowest BCUT2D eigenvalue weighted by molar-refractivity contribution is -0.131. The van der Waals surface area contributed by atoms with Gasteiger partial charge in [0.05, 0.1) is 0 Å². The Morgan fingerprint density at radius 2 is 1.93 bits per heavy atom. The SMILES string of the molecule is CSc1ccc(NC(=O)O[C@H](c2cc(I)ccc2O)[C@@H](C)CC/C=C/C(=O)O)cc1. The zero-order valence-corrected chi connectivity index (χ0v) is 19.6. The number of carboxylic acids is 1. The number of amides is 1. The first-order valence-electron chi connectivity index (χ1n) is 9.29. The minimum absolute atomic E-state index is 0.0467. The second-order valence-electron chi connectivity index (χ2n) is 6.68. The highest BCUT2D eigenvalue weighted by Crippen LogP contribution is 2.36. The molecule has 3 N–H and O–H groups in total. The standard InChI is InChI=1S/C22H24INO5S/c1-14(5-3-4-6-20(26)27)21(18-13-15(23)7-12-19(18)25)29-22(28)24-16-8-10-17(30-2)11-9-16/h4,6-14,21,25H,3,5H2,1-2H3,(H,24,28)(H,26,27)/b6-4+/t14-,21-/m0/s1. The van der Waals surface area contributed by atoms with Crippen molar-refractivity contribution in [2.75, 3.05) is 11.6 Å². The van der Waals surface area contributed by atoms with Gasteiger partial charge in [-0.15, -0.1) is 11.8 Å². The fourth-order valence-electron chi connectivity index (χ4n) is 2.87. The molecule has 0 aromatic heterocycles. The molecule has 6 nitrogen and oxygen atoms in total. The zero-order chi connectivity index (χ0) is 22.1. The van der Waals surface area contributed by atoms with E-state index in [0.29, 0.717) is 24.1 Å². The van der Waals surface area contributed by atoms with Gasteiger partial charge in [-0.2, -0.15) is 0 Å². The van der Waals surface area contributed by atoms with Gasteiger partial charge in [-0.1, -0.05) is 13.0 Å². The predicted octanol–water partition coefficient (Wildman–Crippen LogP) is 6.07. The highest BCUT2D eigenvalue weighted by Gasteiger charge is 2.26. The molecule has 0 aliphatic rings. The van der Waals surface area contributed by atoms with Crippen LogP contribution in [0.2, 0.25) is 0 Å². The lowest BCUT2D eigenvalue weighted by atomic mass is 9.92. The van der Waals surface area contributed by atoms with Crippen molar-refractivity contribution < 1.29 is 24.5 Å². The van der Waals surface area contributed by atoms with Crippen molar-refractivity contribution in [3.05, 3.63) is 63.8 Å². The summed E-state index contributed by atoms with van der Waals surface area (Å²) in [5.74, 6) is -1.11. The molecule has 0 heterocycles. The third kappa shape index (κ3) is 7.56. The maximum atomic E-state index is 12.6. The molecule has 0 aliphatic carbocycles. The van der Waals surface area contributed by atoms with Crippen LogP contribution in [0.4, 0.5) is 10.5 Å². The number of aromatic hydroxyl groups is 1. The van der Waals surface area contributed by atoms with Crippen LogP contribution < -0.4 is 5.32 Å². The quantitative estimate of drug-likeness (QED) is 0.203. The summed E-state index contributed by atoms with van der Waals surface area (Å²) >= 11 is 3.74. The second kappa shape index (κ2) is 11.8. The molecule has 2 aromatic rings. The van der Waals surface area contributed by atoms with Crippen molar-refractivity contribution in [1.82, 2.24) is 0 Å². The summed E-state index contributed by atoms with van der Waals surface area (Å²) in [6, 6.07) is 12.5. The average molecular weight is 541 g/mol. The minimum Gasteiger partial charge on any atom is -0.508 e. The van der Waals surface area contributed by atoms with E-state index in [9.17, 15) is 14.7 Å². The third-order valence-electron chi connectivity index (χ3n) is 4.43. The van der Waals surface area contributed by atoms with Crippen LogP contribution in [0.1, 0.15) is 31.4 Å². The monoisotopic (exact) mass is 541 g/mol. The molecule has 0 unspecified atom stereocenters. The van der Waals surface area contributed by atoms with E-state index in [2.05, 4.69) is 27.9 Å². The number of nitrogens with one attached hydrogen (secondary N) is 1. The van der Waals surface area contributed by atoms with Crippen molar-refractivity contribution in [1.29, 1.82) is 0 Å². The Labute approximate surface area is 193 Å². The number of carboxylic acid groups (broad SMARTS) is 1. The van der Waals surface area contributed by atoms with E-state index >= 15 is 0 Å². The minimum atomic E-state index is -1.00. The number of halogens is 1. The van der Waals surface area contributed by atoms with Crippen LogP contribution in [0.3, 0.4) is 0 Å². The predicted molar refractivity (Wildman–Crippen MR) is 127 cm³/mol. The fourth-order valence-corrected chi connectivity index (χ4v) is 3.79. The van der Waals surface area contributed by atoms with Crippen molar-refractivity contribution in [3.63, 3.8) is 0 Å². The molecule has 0 spiro atoms. The van der Waals surface area contributed by atoms with Crippen LogP contribution in [0.5, 0.6) is 5.75 Å². The summed E-state index contributed by atoms with van der Waals surface area (Å²) in [5.41, 5.74) is 1.13. The van der Waals surface area contributed by atoms with Gasteiger partial charge >= 0.3 is 12.1 Å². The van der Waals surface area contributed by atoms with Crippen molar-refractivity contribution >= 4 is 52.1 Å². The molecule has 1 amide bonds. The molecular formula is C22H24INO5S. The normalized spacial score (nSPS) is 13.0. The summed E-state index contributed by atoms with van der Waals surface area (Å²) < 4.78 is 6.62. The highest BCUT2D eigenvalue weighted by atomic mass is 127. The van der Waals surface area contributed by atoms with E-state index in [-0.39, 0.29) is 11.7 Å². The summed E-state index contributed by atoms with van der Waals surface area (Å²) in [6.45, 7) is 1.90. The summed E-state index contributed by atoms with van der Waals surface area (Å²) in [6.07, 6.45) is 4.41. The molecule has 2 atom stereocenters. The number of benzene rings is 2. The molecule has 0 saturated heterocycles. The molecule has 0 saturated carbocycles. The number of aliphatic carboxylic acids is 1. The number of allylic oxidation sites excluding steroid dienone is 1.